The van der Waals surface area contributed by atoms with E-state index < -0.39 is 0 Å². The number of nitrogens with zero attached hydrogens (tertiary/aromatic N) is 4. The number of hydrogen-bond acceptors (Lipinski definition) is 5. The lowest BCUT2D eigenvalue weighted by molar-refractivity contribution is -0.128. The molecule has 2 aromatic heterocycles. The van der Waals surface area contributed by atoms with Crippen LogP contribution < -0.4 is 4.74 Å². The van der Waals surface area contributed by atoms with Crippen molar-refractivity contribution in [1.29, 1.82) is 0 Å². The number of carbonyl (C=O) groups is 1. The van der Waals surface area contributed by atoms with Crippen LogP contribution in [0.3, 0.4) is 0 Å². The summed E-state index contributed by atoms with van der Waals surface area (Å²) in [5.41, 5.74) is 2.93. The third-order valence-electron chi connectivity index (χ3n) is 4.84. The number of ether oxygens (including phenoxy) is 1. The molecule has 3 heterocycles. The first-order valence-corrected chi connectivity index (χ1v) is 10.3. The van der Waals surface area contributed by atoms with Gasteiger partial charge in [0.15, 0.2) is 5.16 Å². The minimum Gasteiger partial charge on any atom is -0.491 e. The van der Waals surface area contributed by atoms with Gasteiger partial charge in [0.25, 0.3) is 0 Å². The number of thioether (sulfide) groups is 1. The van der Waals surface area contributed by atoms with Crippen molar-refractivity contribution < 1.29 is 9.53 Å². The van der Waals surface area contributed by atoms with Crippen LogP contribution in [0, 0.1) is 6.92 Å². The molecular weight excluding hydrogens is 360 g/mol. The number of amides is 1. The van der Waals surface area contributed by atoms with E-state index in [-0.39, 0.29) is 5.91 Å². The number of likely N-dealkylation sites (tertiary alicyclic amines) is 1. The molecule has 1 aliphatic heterocycles. The predicted molar refractivity (Wildman–Crippen MR) is 107 cm³/mol. The van der Waals surface area contributed by atoms with Crippen molar-refractivity contribution in [2.45, 2.75) is 24.9 Å². The number of carbonyl (C=O) groups excluding carboxylic acids is 1. The maximum Gasteiger partial charge on any atom is 0.222 e. The van der Waals surface area contributed by atoms with Gasteiger partial charge in [-0.2, -0.15) is 0 Å². The van der Waals surface area contributed by atoms with Crippen LogP contribution in [-0.2, 0) is 4.79 Å². The van der Waals surface area contributed by atoms with Gasteiger partial charge in [-0.05, 0) is 37.8 Å². The Balaban J connectivity index is 1.62. The van der Waals surface area contributed by atoms with Crippen molar-refractivity contribution in [1.82, 2.24) is 19.4 Å². The van der Waals surface area contributed by atoms with Crippen LogP contribution in [0.25, 0.3) is 16.9 Å². The molecule has 0 bridgehead atoms. The van der Waals surface area contributed by atoms with Gasteiger partial charge in [0.1, 0.15) is 18.2 Å². The predicted octanol–water partition coefficient (Wildman–Crippen LogP) is 3.45. The highest BCUT2D eigenvalue weighted by atomic mass is 32.2. The second-order valence-electron chi connectivity index (χ2n) is 6.51. The first-order valence-electron chi connectivity index (χ1n) is 9.07. The average Bonchev–Trinajstić information content (AvgIpc) is 3.26. The van der Waals surface area contributed by atoms with Crippen molar-refractivity contribution in [2.75, 3.05) is 26.0 Å². The molecule has 6 nitrogen and oxygen atoms in total. The van der Waals surface area contributed by atoms with E-state index in [2.05, 4.69) is 15.6 Å². The van der Waals surface area contributed by atoms with Crippen molar-refractivity contribution in [3.05, 3.63) is 42.1 Å². The van der Waals surface area contributed by atoms with E-state index in [0.29, 0.717) is 19.6 Å². The SMILES string of the molecule is CSc1nc2ccccc2n1-c1nccc(OCCN2CCCC2=O)c1C. The molecule has 0 N–H and O–H groups in total. The molecule has 1 saturated heterocycles. The van der Waals surface area contributed by atoms with Gasteiger partial charge in [-0.1, -0.05) is 23.9 Å². The number of fused-ring (bicyclic) bond motifs is 1. The molecule has 3 aromatic rings. The molecule has 0 saturated carbocycles. The molecule has 0 aliphatic carbocycles. The van der Waals surface area contributed by atoms with E-state index in [1.807, 2.05) is 42.3 Å². The fraction of sp³-hybridized carbons (Fsp3) is 0.350. The van der Waals surface area contributed by atoms with Gasteiger partial charge in [0, 0.05) is 24.7 Å². The molecule has 27 heavy (non-hydrogen) atoms. The number of benzene rings is 1. The number of rotatable bonds is 6. The highest BCUT2D eigenvalue weighted by Crippen LogP contribution is 2.30. The first kappa shape index (κ1) is 17.9. The Morgan fingerprint density at radius 1 is 1.26 bits per heavy atom. The molecule has 7 heteroatoms. The molecule has 1 aromatic carbocycles. The standard InChI is InChI=1S/C20H22N4O2S/c1-14-17(26-13-12-23-11-5-8-18(23)25)9-10-21-19(14)24-16-7-4-3-6-15(16)22-20(24)27-2/h3-4,6-7,9-10H,5,8,11-13H2,1-2H3. The molecule has 1 aliphatic rings. The molecule has 4 rings (SSSR count). The zero-order chi connectivity index (χ0) is 18.8. The summed E-state index contributed by atoms with van der Waals surface area (Å²) in [4.78, 5) is 22.9. The summed E-state index contributed by atoms with van der Waals surface area (Å²) in [7, 11) is 0. The summed E-state index contributed by atoms with van der Waals surface area (Å²) in [5.74, 6) is 1.83. The monoisotopic (exact) mass is 382 g/mol. The van der Waals surface area contributed by atoms with E-state index in [0.717, 1.165) is 46.3 Å². The maximum atomic E-state index is 11.7. The number of aromatic nitrogens is 3. The largest absolute Gasteiger partial charge is 0.491 e. The number of imidazole rings is 1. The molecule has 0 unspecified atom stereocenters. The molecule has 1 fully saturated rings. The van der Waals surface area contributed by atoms with Gasteiger partial charge in [0.2, 0.25) is 5.91 Å². The number of para-hydroxylation sites is 2. The number of hydrogen-bond donors (Lipinski definition) is 0. The molecule has 1 amide bonds. The summed E-state index contributed by atoms with van der Waals surface area (Å²) in [6, 6.07) is 9.93. The van der Waals surface area contributed by atoms with Crippen LogP contribution in [0.2, 0.25) is 0 Å². The second-order valence-corrected chi connectivity index (χ2v) is 7.29. The first-order chi connectivity index (χ1) is 13.2. The number of pyridine rings is 1. The molecule has 0 spiro atoms. The van der Waals surface area contributed by atoms with E-state index in [1.165, 1.54) is 0 Å². The van der Waals surface area contributed by atoms with Gasteiger partial charge in [-0.3, -0.25) is 9.36 Å². The van der Waals surface area contributed by atoms with E-state index in [1.54, 1.807) is 18.0 Å². The smallest absolute Gasteiger partial charge is 0.222 e. The zero-order valence-corrected chi connectivity index (χ0v) is 16.3. The van der Waals surface area contributed by atoms with Crippen molar-refractivity contribution in [3.8, 4) is 11.6 Å². The Morgan fingerprint density at radius 3 is 2.89 bits per heavy atom. The Bertz CT molecular complexity index is 985. The summed E-state index contributed by atoms with van der Waals surface area (Å²) < 4.78 is 8.07. The van der Waals surface area contributed by atoms with Gasteiger partial charge in [-0.15, -0.1) is 0 Å². The van der Waals surface area contributed by atoms with Crippen LogP contribution in [0.5, 0.6) is 5.75 Å². The van der Waals surface area contributed by atoms with Gasteiger partial charge >= 0.3 is 0 Å². The Labute approximate surface area is 162 Å². The summed E-state index contributed by atoms with van der Waals surface area (Å²) in [6.45, 7) is 3.95. The van der Waals surface area contributed by atoms with Crippen LogP contribution in [0.4, 0.5) is 0 Å². The van der Waals surface area contributed by atoms with Gasteiger partial charge in [0.05, 0.1) is 17.6 Å². The lowest BCUT2D eigenvalue weighted by Gasteiger charge is -2.17. The average molecular weight is 382 g/mol. The molecular formula is C20H22N4O2S. The summed E-state index contributed by atoms with van der Waals surface area (Å²) >= 11 is 1.59. The molecule has 0 atom stereocenters. The van der Waals surface area contributed by atoms with Crippen LogP contribution in [0.1, 0.15) is 18.4 Å². The minimum atomic E-state index is 0.222. The lowest BCUT2D eigenvalue weighted by Crippen LogP contribution is -2.29. The van der Waals surface area contributed by atoms with E-state index >= 15 is 0 Å². The van der Waals surface area contributed by atoms with E-state index in [4.69, 9.17) is 9.72 Å². The fourth-order valence-corrected chi connectivity index (χ4v) is 4.00. The van der Waals surface area contributed by atoms with Gasteiger partial charge in [-0.25, -0.2) is 9.97 Å². The maximum absolute atomic E-state index is 11.7. The van der Waals surface area contributed by atoms with Crippen LogP contribution in [0.15, 0.2) is 41.7 Å². The van der Waals surface area contributed by atoms with Crippen molar-refractivity contribution in [2.24, 2.45) is 0 Å². The lowest BCUT2D eigenvalue weighted by atomic mass is 10.2. The highest BCUT2D eigenvalue weighted by molar-refractivity contribution is 7.98. The molecule has 140 valence electrons. The normalized spacial score (nSPS) is 14.3. The highest BCUT2D eigenvalue weighted by Gasteiger charge is 2.20. The Kier molecular flexibility index (Phi) is 5.03. The minimum absolute atomic E-state index is 0.222. The third-order valence-corrected chi connectivity index (χ3v) is 5.48. The summed E-state index contributed by atoms with van der Waals surface area (Å²) in [6.07, 6.45) is 5.38. The Morgan fingerprint density at radius 2 is 2.11 bits per heavy atom. The summed E-state index contributed by atoms with van der Waals surface area (Å²) in [5, 5.41) is 0.895. The van der Waals surface area contributed by atoms with Gasteiger partial charge < -0.3 is 9.64 Å². The van der Waals surface area contributed by atoms with Crippen molar-refractivity contribution >= 4 is 28.7 Å². The second kappa shape index (κ2) is 7.60. The Hall–Kier alpha value is -2.54. The van der Waals surface area contributed by atoms with E-state index in [9.17, 15) is 4.79 Å². The fourth-order valence-electron chi connectivity index (χ4n) is 3.44. The van der Waals surface area contributed by atoms with Crippen molar-refractivity contribution in [3.63, 3.8) is 0 Å². The van der Waals surface area contributed by atoms with Crippen LogP contribution >= 0.6 is 11.8 Å². The molecule has 0 radical (unpaired) electrons. The third kappa shape index (κ3) is 3.39. The van der Waals surface area contributed by atoms with Crippen LogP contribution in [-0.4, -0.2) is 51.3 Å². The topological polar surface area (TPSA) is 60.2 Å². The zero-order valence-electron chi connectivity index (χ0n) is 15.5. The quantitative estimate of drug-likeness (QED) is 0.611.